The van der Waals surface area contributed by atoms with Gasteiger partial charge in [0.1, 0.15) is 11.4 Å². The second-order valence-electron chi connectivity index (χ2n) is 3.65. The van der Waals surface area contributed by atoms with Crippen molar-refractivity contribution in [2.24, 2.45) is 0 Å². The Balaban J connectivity index is 0.000000720. The Hall–Kier alpha value is -0.980. The van der Waals surface area contributed by atoms with Crippen molar-refractivity contribution in [2.45, 2.75) is 33.3 Å². The minimum absolute atomic E-state index is 0. The van der Waals surface area contributed by atoms with Gasteiger partial charge in [-0.3, -0.25) is 0 Å². The van der Waals surface area contributed by atoms with Crippen LogP contribution in [0.5, 0.6) is 5.75 Å². The number of rotatable bonds is 0. The topological polar surface area (TPSA) is 9.23 Å². The molecule has 66 valence electrons. The molecule has 0 aliphatic carbocycles. The van der Waals surface area contributed by atoms with Crippen LogP contribution in [0.4, 0.5) is 0 Å². The third-order valence-electron chi connectivity index (χ3n) is 1.98. The van der Waals surface area contributed by atoms with E-state index in [1.54, 1.807) is 0 Å². The van der Waals surface area contributed by atoms with E-state index in [0.29, 0.717) is 0 Å². The molecule has 1 heteroatoms. The summed E-state index contributed by atoms with van der Waals surface area (Å²) in [5.74, 6) is 1.05. The summed E-state index contributed by atoms with van der Waals surface area (Å²) in [4.78, 5) is 0. The second-order valence-corrected chi connectivity index (χ2v) is 3.65. The van der Waals surface area contributed by atoms with Crippen LogP contribution in [0.25, 0.3) is 0 Å². The molecule has 1 heterocycles. The average molecular weight is 164 g/mol. The number of fused-ring (bicyclic) bond motifs is 1. The van der Waals surface area contributed by atoms with Gasteiger partial charge in [-0.2, -0.15) is 0 Å². The molecule has 0 amide bonds. The van der Waals surface area contributed by atoms with Crippen LogP contribution in [0.1, 0.15) is 26.8 Å². The summed E-state index contributed by atoms with van der Waals surface area (Å²) in [5, 5.41) is 0. The molecule has 0 unspecified atom stereocenters. The number of ether oxygens (including phenoxy) is 1. The first-order valence-electron chi connectivity index (χ1n) is 3.94. The van der Waals surface area contributed by atoms with Crippen molar-refractivity contribution >= 4 is 0 Å². The number of benzene rings is 1. The van der Waals surface area contributed by atoms with Crippen molar-refractivity contribution in [1.82, 2.24) is 0 Å². The van der Waals surface area contributed by atoms with Crippen molar-refractivity contribution in [1.29, 1.82) is 0 Å². The largest absolute Gasteiger partial charge is 0.487 e. The molecule has 0 fully saturated rings. The quantitative estimate of drug-likeness (QED) is 0.572. The Kier molecular flexibility index (Phi) is 2.14. The minimum atomic E-state index is 0. The maximum absolute atomic E-state index is 5.69. The molecule has 12 heavy (non-hydrogen) atoms. The van der Waals surface area contributed by atoms with Crippen molar-refractivity contribution in [3.05, 3.63) is 29.8 Å². The number of hydrogen-bond acceptors (Lipinski definition) is 1. The Morgan fingerprint density at radius 2 is 1.92 bits per heavy atom. The zero-order valence-electron chi connectivity index (χ0n) is 6.92. The first-order chi connectivity index (χ1) is 5.17. The molecule has 0 aromatic heterocycles. The lowest BCUT2D eigenvalue weighted by Crippen LogP contribution is -2.24. The molecule has 0 saturated heterocycles. The Bertz CT molecular complexity index is 249. The fraction of sp³-hybridized carbons (Fsp3) is 0.455. The van der Waals surface area contributed by atoms with Gasteiger partial charge in [0.05, 0.1) is 0 Å². The maximum Gasteiger partial charge on any atom is 0.123 e. The lowest BCUT2D eigenvalue weighted by molar-refractivity contribution is 0.138. The molecular formula is C11H16O. The van der Waals surface area contributed by atoms with Crippen LogP contribution < -0.4 is 4.74 Å². The molecule has 0 atom stereocenters. The van der Waals surface area contributed by atoms with Crippen LogP contribution in [0.15, 0.2) is 24.3 Å². The molecule has 0 N–H and O–H groups in total. The van der Waals surface area contributed by atoms with Crippen LogP contribution in [-0.2, 0) is 6.42 Å². The molecule has 1 aromatic rings. The standard InChI is InChI=1S/C10H12O.CH4/c1-10(2)7-8-5-3-4-6-9(8)11-10;/h3-6H,7H2,1-2H3;1H4. The highest BCUT2D eigenvalue weighted by molar-refractivity contribution is 5.38. The van der Waals surface area contributed by atoms with Crippen LogP contribution in [-0.4, -0.2) is 5.60 Å². The van der Waals surface area contributed by atoms with Gasteiger partial charge < -0.3 is 4.74 Å². The molecule has 1 aromatic carbocycles. The van der Waals surface area contributed by atoms with Gasteiger partial charge in [-0.25, -0.2) is 0 Å². The minimum Gasteiger partial charge on any atom is -0.487 e. The second kappa shape index (κ2) is 2.81. The predicted octanol–water partition coefficient (Wildman–Crippen LogP) is 3.04. The normalized spacial score (nSPS) is 17.5. The predicted molar refractivity (Wildman–Crippen MR) is 51.6 cm³/mol. The van der Waals surface area contributed by atoms with Gasteiger partial charge >= 0.3 is 0 Å². The van der Waals surface area contributed by atoms with Gasteiger partial charge in [0.2, 0.25) is 0 Å². The van der Waals surface area contributed by atoms with E-state index in [1.807, 2.05) is 12.1 Å². The summed E-state index contributed by atoms with van der Waals surface area (Å²) in [6.45, 7) is 4.24. The van der Waals surface area contributed by atoms with Crippen LogP contribution in [0, 0.1) is 0 Å². The van der Waals surface area contributed by atoms with Crippen LogP contribution >= 0.6 is 0 Å². The van der Waals surface area contributed by atoms with Crippen LogP contribution in [0.3, 0.4) is 0 Å². The Morgan fingerprint density at radius 1 is 1.25 bits per heavy atom. The molecule has 0 radical (unpaired) electrons. The zero-order chi connectivity index (χ0) is 7.90. The van der Waals surface area contributed by atoms with Gasteiger partial charge in [0, 0.05) is 6.42 Å². The summed E-state index contributed by atoms with van der Waals surface area (Å²) in [6.07, 6.45) is 1.03. The van der Waals surface area contributed by atoms with E-state index in [1.165, 1.54) is 5.56 Å². The number of hydrogen-bond donors (Lipinski definition) is 0. The van der Waals surface area contributed by atoms with Crippen molar-refractivity contribution < 1.29 is 4.74 Å². The lowest BCUT2D eigenvalue weighted by atomic mass is 10.0. The third kappa shape index (κ3) is 1.45. The molecule has 2 rings (SSSR count). The van der Waals surface area contributed by atoms with E-state index >= 15 is 0 Å². The van der Waals surface area contributed by atoms with Gasteiger partial charge in [0.15, 0.2) is 0 Å². The van der Waals surface area contributed by atoms with E-state index in [2.05, 4.69) is 26.0 Å². The molecule has 1 nitrogen and oxygen atoms in total. The van der Waals surface area contributed by atoms with Gasteiger partial charge in [-0.1, -0.05) is 25.6 Å². The molecule has 0 bridgehead atoms. The van der Waals surface area contributed by atoms with E-state index in [-0.39, 0.29) is 13.0 Å². The smallest absolute Gasteiger partial charge is 0.123 e. The van der Waals surface area contributed by atoms with Crippen molar-refractivity contribution in [3.63, 3.8) is 0 Å². The number of para-hydroxylation sites is 1. The SMILES string of the molecule is C.CC1(C)Cc2ccccc2O1. The molecular weight excluding hydrogens is 148 g/mol. The van der Waals surface area contributed by atoms with E-state index in [9.17, 15) is 0 Å². The fourth-order valence-electron chi connectivity index (χ4n) is 1.54. The zero-order valence-corrected chi connectivity index (χ0v) is 6.92. The van der Waals surface area contributed by atoms with Gasteiger partial charge in [-0.15, -0.1) is 0 Å². The highest BCUT2D eigenvalue weighted by Gasteiger charge is 2.28. The third-order valence-corrected chi connectivity index (χ3v) is 1.98. The van der Waals surface area contributed by atoms with E-state index < -0.39 is 0 Å². The fourth-order valence-corrected chi connectivity index (χ4v) is 1.54. The Morgan fingerprint density at radius 3 is 2.58 bits per heavy atom. The molecule has 1 aliphatic heterocycles. The summed E-state index contributed by atoms with van der Waals surface area (Å²) in [5.41, 5.74) is 1.33. The van der Waals surface area contributed by atoms with E-state index in [4.69, 9.17) is 4.74 Å². The van der Waals surface area contributed by atoms with E-state index in [0.717, 1.165) is 12.2 Å². The summed E-state index contributed by atoms with van der Waals surface area (Å²) in [7, 11) is 0. The highest BCUT2D eigenvalue weighted by Crippen LogP contribution is 2.33. The molecule has 0 saturated carbocycles. The maximum atomic E-state index is 5.69. The first kappa shape index (κ1) is 9.11. The lowest BCUT2D eigenvalue weighted by Gasteiger charge is -2.16. The monoisotopic (exact) mass is 164 g/mol. The van der Waals surface area contributed by atoms with Gasteiger partial charge in [-0.05, 0) is 25.5 Å². The summed E-state index contributed by atoms with van der Waals surface area (Å²) in [6, 6.07) is 8.23. The van der Waals surface area contributed by atoms with Crippen LogP contribution in [0.2, 0.25) is 0 Å². The Labute approximate surface area is 74.4 Å². The molecule has 1 aliphatic rings. The highest BCUT2D eigenvalue weighted by atomic mass is 16.5. The summed E-state index contributed by atoms with van der Waals surface area (Å²) >= 11 is 0. The summed E-state index contributed by atoms with van der Waals surface area (Å²) < 4.78 is 5.69. The first-order valence-corrected chi connectivity index (χ1v) is 3.94. The average Bonchev–Trinajstić information content (AvgIpc) is 2.21. The molecule has 0 spiro atoms. The van der Waals surface area contributed by atoms with Crippen molar-refractivity contribution in [2.75, 3.05) is 0 Å². The van der Waals surface area contributed by atoms with Gasteiger partial charge in [0.25, 0.3) is 0 Å². The van der Waals surface area contributed by atoms with Crippen molar-refractivity contribution in [3.8, 4) is 5.75 Å².